The molecule has 0 unspecified atom stereocenters. The van der Waals surface area contributed by atoms with Crippen molar-refractivity contribution >= 4 is 22.4 Å². The first-order valence-corrected chi connectivity index (χ1v) is 8.39. The summed E-state index contributed by atoms with van der Waals surface area (Å²) < 4.78 is 11.0. The van der Waals surface area contributed by atoms with E-state index in [9.17, 15) is 4.79 Å². The first kappa shape index (κ1) is 15.9. The number of nitrogens with one attached hydrogen (secondary N) is 1. The van der Waals surface area contributed by atoms with Gasteiger partial charge in [-0.1, -0.05) is 5.16 Å². The third-order valence-corrected chi connectivity index (χ3v) is 4.22. The van der Waals surface area contributed by atoms with Gasteiger partial charge in [-0.15, -0.1) is 11.3 Å². The maximum atomic E-state index is 12.7. The van der Waals surface area contributed by atoms with Crippen molar-refractivity contribution in [1.29, 1.82) is 0 Å². The molecule has 1 saturated heterocycles. The van der Waals surface area contributed by atoms with Crippen LogP contribution in [0.15, 0.2) is 9.90 Å². The summed E-state index contributed by atoms with van der Waals surface area (Å²) in [6.45, 7) is 7.31. The number of rotatable bonds is 4. The molecule has 0 aliphatic carbocycles. The van der Waals surface area contributed by atoms with Crippen LogP contribution in [0, 0.1) is 6.92 Å². The molecule has 2 aromatic heterocycles. The van der Waals surface area contributed by atoms with Gasteiger partial charge in [0.05, 0.1) is 12.6 Å². The van der Waals surface area contributed by atoms with Gasteiger partial charge >= 0.3 is 0 Å². The van der Waals surface area contributed by atoms with E-state index in [1.54, 1.807) is 17.2 Å². The van der Waals surface area contributed by atoms with Gasteiger partial charge in [0.2, 0.25) is 0 Å². The average molecular weight is 337 g/mol. The first-order valence-electron chi connectivity index (χ1n) is 7.51. The predicted octanol–water partition coefficient (Wildman–Crippen LogP) is 1.87. The summed E-state index contributed by atoms with van der Waals surface area (Å²) in [5, 5.41) is 9.41. The molecule has 3 rings (SSSR count). The third-order valence-electron chi connectivity index (χ3n) is 3.42. The zero-order chi connectivity index (χ0) is 16.4. The Balaban J connectivity index is 1.74. The number of aromatic nitrogens is 3. The van der Waals surface area contributed by atoms with Crippen molar-refractivity contribution in [3.05, 3.63) is 22.8 Å². The fourth-order valence-electron chi connectivity index (χ4n) is 2.46. The Morgan fingerprint density at radius 2 is 2.30 bits per heavy atom. The predicted molar refractivity (Wildman–Crippen MR) is 84.5 cm³/mol. The largest absolute Gasteiger partial charge is 0.362 e. The van der Waals surface area contributed by atoms with Gasteiger partial charge in [-0.25, -0.2) is 4.98 Å². The monoisotopic (exact) mass is 337 g/mol. The average Bonchev–Trinajstić information content (AvgIpc) is 3.15. The molecule has 23 heavy (non-hydrogen) atoms. The van der Waals surface area contributed by atoms with Crippen LogP contribution < -0.4 is 5.32 Å². The SMILES string of the molecule is CCNc1nc(C(=O)N2C[C@@H](C)O[C@@H](c3nc(C)no3)C2)cs1. The molecule has 0 saturated carbocycles. The molecule has 1 N–H and O–H groups in total. The highest BCUT2D eigenvalue weighted by molar-refractivity contribution is 7.13. The number of hydrogen-bond acceptors (Lipinski definition) is 8. The lowest BCUT2D eigenvalue weighted by atomic mass is 10.2. The number of nitrogens with zero attached hydrogens (tertiary/aromatic N) is 4. The number of amides is 1. The van der Waals surface area contributed by atoms with Crippen LogP contribution in [-0.4, -0.2) is 51.7 Å². The fraction of sp³-hybridized carbons (Fsp3) is 0.571. The van der Waals surface area contributed by atoms with E-state index >= 15 is 0 Å². The van der Waals surface area contributed by atoms with Crippen LogP contribution in [0.1, 0.15) is 42.2 Å². The minimum absolute atomic E-state index is 0.109. The summed E-state index contributed by atoms with van der Waals surface area (Å²) >= 11 is 1.43. The second-order valence-electron chi connectivity index (χ2n) is 5.39. The quantitative estimate of drug-likeness (QED) is 0.910. The lowest BCUT2D eigenvalue weighted by Crippen LogP contribution is -2.46. The zero-order valence-corrected chi connectivity index (χ0v) is 14.1. The van der Waals surface area contributed by atoms with Crippen molar-refractivity contribution < 1.29 is 14.1 Å². The summed E-state index contributed by atoms with van der Waals surface area (Å²) in [6.07, 6.45) is -0.521. The zero-order valence-electron chi connectivity index (χ0n) is 13.3. The van der Waals surface area contributed by atoms with Gasteiger partial charge in [0.15, 0.2) is 17.1 Å². The molecule has 8 nitrogen and oxygen atoms in total. The maximum Gasteiger partial charge on any atom is 0.273 e. The van der Waals surface area contributed by atoms with Crippen LogP contribution in [0.5, 0.6) is 0 Å². The summed E-state index contributed by atoms with van der Waals surface area (Å²) in [4.78, 5) is 22.9. The summed E-state index contributed by atoms with van der Waals surface area (Å²) in [6, 6.07) is 0. The van der Waals surface area contributed by atoms with Crippen molar-refractivity contribution in [2.45, 2.75) is 33.0 Å². The van der Waals surface area contributed by atoms with Gasteiger partial charge in [-0.2, -0.15) is 4.98 Å². The topological polar surface area (TPSA) is 93.4 Å². The Hall–Kier alpha value is -2.00. The Labute approximate surface area is 137 Å². The smallest absolute Gasteiger partial charge is 0.273 e. The Bertz CT molecular complexity index is 686. The molecule has 0 bridgehead atoms. The molecule has 124 valence electrons. The van der Waals surface area contributed by atoms with Crippen LogP contribution in [0.3, 0.4) is 0 Å². The van der Waals surface area contributed by atoms with E-state index in [4.69, 9.17) is 9.26 Å². The standard InChI is InChI=1S/C14H19N5O3S/c1-4-15-14-17-10(7-23-14)13(20)19-5-8(2)21-11(6-19)12-16-9(3)18-22-12/h7-8,11H,4-6H2,1-3H3,(H,15,17)/t8-,11-/m1/s1. The summed E-state index contributed by atoms with van der Waals surface area (Å²) in [7, 11) is 0. The molecule has 0 aromatic carbocycles. The maximum absolute atomic E-state index is 12.7. The number of hydrogen-bond donors (Lipinski definition) is 1. The van der Waals surface area contributed by atoms with Crippen LogP contribution in [0.4, 0.5) is 5.13 Å². The highest BCUT2D eigenvalue weighted by atomic mass is 32.1. The Morgan fingerprint density at radius 3 is 3.00 bits per heavy atom. The molecule has 2 aromatic rings. The summed E-state index contributed by atoms with van der Waals surface area (Å²) in [5.74, 6) is 0.842. The molecule has 9 heteroatoms. The lowest BCUT2D eigenvalue weighted by molar-refractivity contribution is -0.0811. The van der Waals surface area contributed by atoms with Gasteiger partial charge in [-0.05, 0) is 20.8 Å². The van der Waals surface area contributed by atoms with E-state index in [0.717, 1.165) is 11.7 Å². The molecular weight excluding hydrogens is 318 g/mol. The number of anilines is 1. The molecule has 1 aliphatic heterocycles. The van der Waals surface area contributed by atoms with E-state index in [1.807, 2.05) is 13.8 Å². The third kappa shape index (κ3) is 3.50. The fourth-order valence-corrected chi connectivity index (χ4v) is 3.22. The number of morpholine rings is 1. The highest BCUT2D eigenvalue weighted by Gasteiger charge is 2.33. The van der Waals surface area contributed by atoms with Crippen molar-refractivity contribution in [3.8, 4) is 0 Å². The minimum Gasteiger partial charge on any atom is -0.362 e. The van der Waals surface area contributed by atoms with Gasteiger partial charge in [0.25, 0.3) is 11.8 Å². The van der Waals surface area contributed by atoms with E-state index in [-0.39, 0.29) is 12.0 Å². The second kappa shape index (κ2) is 6.63. The van der Waals surface area contributed by atoms with Crippen LogP contribution >= 0.6 is 11.3 Å². The van der Waals surface area contributed by atoms with Crippen LogP contribution in [0.2, 0.25) is 0 Å². The molecule has 2 atom stereocenters. The van der Waals surface area contributed by atoms with E-state index in [2.05, 4.69) is 20.4 Å². The molecule has 1 aliphatic rings. The van der Waals surface area contributed by atoms with Gasteiger partial charge in [0.1, 0.15) is 5.69 Å². The molecular formula is C14H19N5O3S. The van der Waals surface area contributed by atoms with Crippen molar-refractivity contribution in [2.75, 3.05) is 25.0 Å². The van der Waals surface area contributed by atoms with Gasteiger partial charge < -0.3 is 19.5 Å². The number of thiazole rings is 1. The number of aryl methyl sites for hydroxylation is 1. The highest BCUT2D eigenvalue weighted by Crippen LogP contribution is 2.26. The molecule has 1 fully saturated rings. The normalized spacial score (nSPS) is 21.4. The van der Waals surface area contributed by atoms with Crippen molar-refractivity contribution in [3.63, 3.8) is 0 Å². The second-order valence-corrected chi connectivity index (χ2v) is 6.25. The van der Waals surface area contributed by atoms with E-state index < -0.39 is 6.10 Å². The first-order chi connectivity index (χ1) is 11.1. The van der Waals surface area contributed by atoms with Crippen molar-refractivity contribution in [1.82, 2.24) is 20.0 Å². The van der Waals surface area contributed by atoms with Gasteiger partial charge in [0, 0.05) is 18.5 Å². The number of carbonyl (C=O) groups is 1. The number of ether oxygens (including phenoxy) is 1. The molecule has 0 radical (unpaired) electrons. The van der Waals surface area contributed by atoms with Gasteiger partial charge in [-0.3, -0.25) is 4.79 Å². The van der Waals surface area contributed by atoms with E-state index in [0.29, 0.717) is 30.5 Å². The number of carbonyl (C=O) groups excluding carboxylic acids is 1. The molecule has 3 heterocycles. The Morgan fingerprint density at radius 1 is 1.48 bits per heavy atom. The lowest BCUT2D eigenvalue weighted by Gasteiger charge is -2.34. The molecule has 1 amide bonds. The molecule has 0 spiro atoms. The van der Waals surface area contributed by atoms with Crippen molar-refractivity contribution in [2.24, 2.45) is 0 Å². The van der Waals surface area contributed by atoms with E-state index in [1.165, 1.54) is 11.3 Å². The Kier molecular flexibility index (Phi) is 4.58. The summed E-state index contributed by atoms with van der Waals surface area (Å²) in [5.41, 5.74) is 0.445. The van der Waals surface area contributed by atoms with Crippen LogP contribution in [-0.2, 0) is 4.74 Å². The minimum atomic E-state index is -0.407. The van der Waals surface area contributed by atoms with Crippen LogP contribution in [0.25, 0.3) is 0 Å².